The number of halogens is 1. The number of rotatable bonds is 8. The predicted octanol–water partition coefficient (Wildman–Crippen LogP) is 5.76. The average molecular weight is 578 g/mol. The second-order valence-corrected chi connectivity index (χ2v) is 9.26. The second-order valence-electron chi connectivity index (χ2n) is 9.26. The molecule has 6 rings (SSSR count). The molecule has 4 aromatic carbocycles. The number of nitrogens with one attached hydrogen (secondary N) is 1. The Morgan fingerprint density at radius 2 is 1.81 bits per heavy atom. The Morgan fingerprint density at radius 1 is 1.05 bits per heavy atom. The van der Waals surface area contributed by atoms with Crippen LogP contribution >= 0.6 is 0 Å². The molecule has 1 N–H and O–H groups in total. The number of fused-ring (bicyclic) bond motifs is 2. The highest BCUT2D eigenvalue weighted by molar-refractivity contribution is 5.92. The molecule has 0 aliphatic carbocycles. The van der Waals surface area contributed by atoms with Gasteiger partial charge in [-0.3, -0.25) is 19.7 Å². The summed E-state index contributed by atoms with van der Waals surface area (Å²) in [5, 5.41) is 19.3. The first-order valence-corrected chi connectivity index (χ1v) is 12.9. The van der Waals surface area contributed by atoms with Gasteiger partial charge in [0.25, 0.3) is 17.2 Å². The SMILES string of the molecule is O=C(COc1ccc([N+](=O)[O-])cc1C=Nn1c(-c2cc3ccccc3o2)nc2ccccc2c1=O)Nc1ccccc1F. The summed E-state index contributed by atoms with van der Waals surface area (Å²) < 4.78 is 26.5. The van der Waals surface area contributed by atoms with E-state index in [1.807, 2.05) is 18.2 Å². The maximum Gasteiger partial charge on any atom is 0.282 e. The van der Waals surface area contributed by atoms with E-state index in [1.54, 1.807) is 42.5 Å². The number of hydrogen-bond donors (Lipinski definition) is 1. The van der Waals surface area contributed by atoms with Crippen molar-refractivity contribution < 1.29 is 23.3 Å². The molecule has 1 amide bonds. The van der Waals surface area contributed by atoms with Crippen LogP contribution in [0.25, 0.3) is 33.5 Å². The number of nitro benzene ring substituents is 1. The quantitative estimate of drug-likeness (QED) is 0.138. The first-order valence-electron chi connectivity index (χ1n) is 12.9. The van der Waals surface area contributed by atoms with Crippen LogP contribution in [0.3, 0.4) is 0 Å². The van der Waals surface area contributed by atoms with Gasteiger partial charge in [0.1, 0.15) is 17.1 Å². The van der Waals surface area contributed by atoms with Crippen LogP contribution in [0.5, 0.6) is 5.75 Å². The fourth-order valence-corrected chi connectivity index (χ4v) is 4.38. The molecule has 0 aliphatic rings. The third-order valence-electron chi connectivity index (χ3n) is 6.42. The molecule has 0 unspecified atom stereocenters. The molecule has 0 aliphatic heterocycles. The van der Waals surface area contributed by atoms with Crippen molar-refractivity contribution in [1.82, 2.24) is 9.66 Å². The Kier molecular flexibility index (Phi) is 7.15. The van der Waals surface area contributed by atoms with Crippen LogP contribution in [-0.2, 0) is 4.79 Å². The van der Waals surface area contributed by atoms with Crippen molar-refractivity contribution in [2.24, 2.45) is 5.10 Å². The number of non-ortho nitro benzene ring substituents is 1. The third kappa shape index (κ3) is 5.57. The van der Waals surface area contributed by atoms with Gasteiger partial charge in [0, 0.05) is 23.1 Å². The number of carbonyl (C=O) groups excluding carboxylic acids is 1. The number of nitro groups is 1. The van der Waals surface area contributed by atoms with Crippen LogP contribution in [0, 0.1) is 15.9 Å². The number of hydrogen-bond acceptors (Lipinski definition) is 8. The minimum Gasteiger partial charge on any atom is -0.483 e. The van der Waals surface area contributed by atoms with Crippen molar-refractivity contribution in [2.75, 3.05) is 11.9 Å². The summed E-state index contributed by atoms with van der Waals surface area (Å²) in [6, 6.07) is 25.1. The highest BCUT2D eigenvalue weighted by Gasteiger charge is 2.18. The van der Waals surface area contributed by atoms with E-state index in [0.717, 1.165) is 10.1 Å². The monoisotopic (exact) mass is 577 g/mol. The summed E-state index contributed by atoms with van der Waals surface area (Å²) >= 11 is 0. The standard InChI is InChI=1S/C31H20FN5O6/c32-23-9-3-5-11-25(23)34-29(38)18-42-26-14-13-21(37(40)41)15-20(26)17-33-36-30(28-16-19-7-1-6-12-27(19)43-28)35-24-10-4-2-8-22(24)31(36)39/h1-17H,18H2,(H,34,38). The van der Waals surface area contributed by atoms with Crippen molar-refractivity contribution >= 4 is 45.4 Å². The van der Waals surface area contributed by atoms with E-state index >= 15 is 0 Å². The summed E-state index contributed by atoms with van der Waals surface area (Å²) in [5.74, 6) is -0.831. The molecule has 12 heteroatoms. The molecule has 0 bridgehead atoms. The highest BCUT2D eigenvalue weighted by atomic mass is 19.1. The zero-order valence-corrected chi connectivity index (χ0v) is 22.1. The molecule has 43 heavy (non-hydrogen) atoms. The first kappa shape index (κ1) is 27.0. The second kappa shape index (κ2) is 11.4. The summed E-state index contributed by atoms with van der Waals surface area (Å²) in [5.41, 5.74) is 0.306. The molecule has 6 aromatic rings. The van der Waals surface area contributed by atoms with Crippen molar-refractivity contribution in [3.05, 3.63) is 129 Å². The fourth-order valence-electron chi connectivity index (χ4n) is 4.38. The average Bonchev–Trinajstić information content (AvgIpc) is 3.45. The van der Waals surface area contributed by atoms with E-state index in [-0.39, 0.29) is 34.3 Å². The molecule has 0 saturated carbocycles. The molecule has 0 spiro atoms. The lowest BCUT2D eigenvalue weighted by Gasteiger charge is -2.11. The van der Waals surface area contributed by atoms with Crippen molar-refractivity contribution in [1.29, 1.82) is 0 Å². The highest BCUT2D eigenvalue weighted by Crippen LogP contribution is 2.28. The number of para-hydroxylation sites is 3. The zero-order chi connectivity index (χ0) is 29.9. The van der Waals surface area contributed by atoms with Gasteiger partial charge < -0.3 is 14.5 Å². The van der Waals surface area contributed by atoms with E-state index < -0.39 is 28.8 Å². The van der Waals surface area contributed by atoms with Gasteiger partial charge >= 0.3 is 0 Å². The maximum absolute atomic E-state index is 13.9. The lowest BCUT2D eigenvalue weighted by molar-refractivity contribution is -0.384. The van der Waals surface area contributed by atoms with E-state index in [4.69, 9.17) is 9.15 Å². The van der Waals surface area contributed by atoms with Gasteiger partial charge in [0.2, 0.25) is 5.82 Å². The van der Waals surface area contributed by atoms with Crippen LogP contribution in [0.4, 0.5) is 15.8 Å². The van der Waals surface area contributed by atoms with Gasteiger partial charge in [-0.2, -0.15) is 9.78 Å². The summed E-state index contributed by atoms with van der Waals surface area (Å²) in [4.78, 5) is 41.5. The van der Waals surface area contributed by atoms with Gasteiger partial charge in [0.15, 0.2) is 12.4 Å². The number of nitrogens with zero attached hydrogens (tertiary/aromatic N) is 4. The van der Waals surface area contributed by atoms with E-state index in [9.17, 15) is 24.1 Å². The van der Waals surface area contributed by atoms with Gasteiger partial charge in [-0.15, -0.1) is 0 Å². The number of ether oxygens (including phenoxy) is 1. The summed E-state index contributed by atoms with van der Waals surface area (Å²) in [7, 11) is 0. The third-order valence-corrected chi connectivity index (χ3v) is 6.42. The van der Waals surface area contributed by atoms with Gasteiger partial charge in [-0.05, 0) is 42.5 Å². The van der Waals surface area contributed by atoms with Crippen LogP contribution in [0.2, 0.25) is 0 Å². The topological polar surface area (TPSA) is 142 Å². The molecule has 0 fully saturated rings. The predicted molar refractivity (Wildman–Crippen MR) is 158 cm³/mol. The molecule has 212 valence electrons. The van der Waals surface area contributed by atoms with Crippen LogP contribution in [-0.4, -0.2) is 33.3 Å². The lowest BCUT2D eigenvalue weighted by Crippen LogP contribution is -2.21. The summed E-state index contributed by atoms with van der Waals surface area (Å²) in [6.07, 6.45) is 1.20. The van der Waals surface area contributed by atoms with E-state index in [2.05, 4.69) is 15.4 Å². The van der Waals surface area contributed by atoms with Crippen LogP contribution in [0.1, 0.15) is 5.56 Å². The molecule has 0 atom stereocenters. The number of anilines is 1. The number of carbonyl (C=O) groups is 1. The minimum absolute atomic E-state index is 0.0251. The molecular weight excluding hydrogens is 557 g/mol. The van der Waals surface area contributed by atoms with E-state index in [0.29, 0.717) is 16.5 Å². The molecule has 0 radical (unpaired) electrons. The number of furan rings is 1. The van der Waals surface area contributed by atoms with Crippen molar-refractivity contribution in [2.45, 2.75) is 0 Å². The Morgan fingerprint density at radius 3 is 2.63 bits per heavy atom. The zero-order valence-electron chi connectivity index (χ0n) is 22.1. The molecule has 11 nitrogen and oxygen atoms in total. The Bertz CT molecular complexity index is 2090. The smallest absolute Gasteiger partial charge is 0.282 e. The number of benzene rings is 4. The first-order chi connectivity index (χ1) is 20.9. The molecular formula is C31H20FN5O6. The fraction of sp³-hybridized carbons (Fsp3) is 0.0323. The molecule has 2 heterocycles. The van der Waals surface area contributed by atoms with Crippen LogP contribution < -0.4 is 15.6 Å². The minimum atomic E-state index is -0.659. The van der Waals surface area contributed by atoms with Gasteiger partial charge in [0.05, 0.1) is 27.7 Å². The van der Waals surface area contributed by atoms with Crippen molar-refractivity contribution in [3.63, 3.8) is 0 Å². The van der Waals surface area contributed by atoms with E-state index in [1.165, 1.54) is 42.6 Å². The normalized spacial score (nSPS) is 11.3. The lowest BCUT2D eigenvalue weighted by atomic mass is 10.2. The number of aromatic nitrogens is 2. The van der Waals surface area contributed by atoms with Gasteiger partial charge in [-0.25, -0.2) is 9.37 Å². The van der Waals surface area contributed by atoms with Gasteiger partial charge in [-0.1, -0.05) is 42.5 Å². The molecule has 0 saturated heterocycles. The number of amides is 1. The summed E-state index contributed by atoms with van der Waals surface area (Å²) in [6.45, 7) is -0.533. The molecule has 2 aromatic heterocycles. The Hall–Kier alpha value is -6.17. The van der Waals surface area contributed by atoms with Crippen molar-refractivity contribution in [3.8, 4) is 17.3 Å². The Balaban J connectivity index is 1.38. The maximum atomic E-state index is 13.9. The Labute approximate surface area is 241 Å². The van der Waals surface area contributed by atoms with Crippen LogP contribution in [0.15, 0.2) is 111 Å². The largest absolute Gasteiger partial charge is 0.483 e.